The summed E-state index contributed by atoms with van der Waals surface area (Å²) >= 11 is 0. The molecule has 5 rings (SSSR count). The van der Waals surface area contributed by atoms with E-state index in [9.17, 15) is 4.79 Å². The molecule has 1 fully saturated rings. The average molecular weight is 361 g/mol. The van der Waals surface area contributed by atoms with Crippen molar-refractivity contribution < 1.29 is 9.53 Å². The average Bonchev–Trinajstić information content (AvgIpc) is 3.34. The summed E-state index contributed by atoms with van der Waals surface area (Å²) in [5, 5.41) is 1.08. The number of fused-ring (bicyclic) bond motifs is 2. The third-order valence-corrected chi connectivity index (χ3v) is 5.58. The van der Waals surface area contributed by atoms with E-state index in [0.717, 1.165) is 62.4 Å². The molecule has 0 aliphatic carbocycles. The number of aromatic nitrogens is 1. The Morgan fingerprint density at radius 1 is 1.04 bits per heavy atom. The monoisotopic (exact) mass is 361 g/mol. The van der Waals surface area contributed by atoms with Crippen molar-refractivity contribution in [1.29, 1.82) is 0 Å². The fourth-order valence-electron chi connectivity index (χ4n) is 4.06. The van der Waals surface area contributed by atoms with Gasteiger partial charge in [-0.1, -0.05) is 30.3 Å². The van der Waals surface area contributed by atoms with Gasteiger partial charge in [0.15, 0.2) is 0 Å². The molecule has 2 aromatic carbocycles. The number of rotatable bonds is 3. The van der Waals surface area contributed by atoms with Crippen LogP contribution in [0.5, 0.6) is 5.75 Å². The molecule has 138 valence electrons. The fraction of sp³-hybridized carbons (Fsp3) is 0.318. The molecule has 3 aromatic rings. The zero-order valence-electron chi connectivity index (χ0n) is 15.3. The highest BCUT2D eigenvalue weighted by Gasteiger charge is 2.23. The summed E-state index contributed by atoms with van der Waals surface area (Å²) in [5.74, 6) is 1.13. The first-order chi connectivity index (χ1) is 13.3. The second-order valence-electron chi connectivity index (χ2n) is 7.38. The molecule has 2 aliphatic heterocycles. The number of nitrogens with one attached hydrogen (secondary N) is 1. The molecule has 1 aromatic heterocycles. The van der Waals surface area contributed by atoms with E-state index in [-0.39, 0.29) is 5.91 Å². The van der Waals surface area contributed by atoms with Crippen molar-refractivity contribution in [3.05, 3.63) is 65.4 Å². The summed E-state index contributed by atoms with van der Waals surface area (Å²) < 4.78 is 5.59. The van der Waals surface area contributed by atoms with Crippen LogP contribution in [0.25, 0.3) is 10.9 Å². The number of piperazine rings is 1. The van der Waals surface area contributed by atoms with Crippen molar-refractivity contribution in [3.8, 4) is 5.75 Å². The van der Waals surface area contributed by atoms with Gasteiger partial charge in [0, 0.05) is 50.0 Å². The quantitative estimate of drug-likeness (QED) is 0.780. The zero-order valence-corrected chi connectivity index (χ0v) is 15.3. The lowest BCUT2D eigenvalue weighted by Gasteiger charge is -2.34. The number of hydrogen-bond acceptors (Lipinski definition) is 3. The van der Waals surface area contributed by atoms with E-state index in [0.29, 0.717) is 5.69 Å². The minimum absolute atomic E-state index is 0.0977. The second kappa shape index (κ2) is 6.74. The van der Waals surface area contributed by atoms with Crippen molar-refractivity contribution >= 4 is 16.8 Å². The summed E-state index contributed by atoms with van der Waals surface area (Å²) in [6.07, 6.45) is 1.01. The van der Waals surface area contributed by atoms with E-state index in [1.807, 2.05) is 35.2 Å². The Bertz CT molecular complexity index is 953. The molecule has 3 heterocycles. The molecular formula is C22H23N3O2. The molecule has 1 amide bonds. The number of aromatic amines is 1. The van der Waals surface area contributed by atoms with Crippen LogP contribution in [0.4, 0.5) is 0 Å². The third kappa shape index (κ3) is 3.19. The number of hydrogen-bond donors (Lipinski definition) is 1. The highest BCUT2D eigenvalue weighted by atomic mass is 16.5. The topological polar surface area (TPSA) is 48.6 Å². The predicted octanol–water partition coefficient (Wildman–Crippen LogP) is 3.06. The van der Waals surface area contributed by atoms with Crippen molar-refractivity contribution in [3.63, 3.8) is 0 Å². The number of H-pyrrole nitrogens is 1. The lowest BCUT2D eigenvalue weighted by atomic mass is 10.1. The van der Waals surface area contributed by atoms with Gasteiger partial charge in [0.2, 0.25) is 0 Å². The largest absolute Gasteiger partial charge is 0.493 e. The summed E-state index contributed by atoms with van der Waals surface area (Å²) in [7, 11) is 0. The molecule has 0 radical (unpaired) electrons. The lowest BCUT2D eigenvalue weighted by Crippen LogP contribution is -2.48. The van der Waals surface area contributed by atoms with Gasteiger partial charge in [0.25, 0.3) is 5.91 Å². The Balaban J connectivity index is 1.21. The van der Waals surface area contributed by atoms with Crippen LogP contribution >= 0.6 is 0 Å². The Hall–Kier alpha value is -2.79. The standard InChI is InChI=1S/C22H23N3O2/c26-22(20-14-17-3-1-2-4-19(17)23-20)25-10-8-24(9-11-25)15-16-5-6-21-18(13-16)7-12-27-21/h1-6,13-14,23H,7-12,15H2. The summed E-state index contributed by atoms with van der Waals surface area (Å²) in [6.45, 7) is 5.07. The Kier molecular flexibility index (Phi) is 4.09. The normalized spacial score (nSPS) is 17.1. The van der Waals surface area contributed by atoms with Gasteiger partial charge in [0.1, 0.15) is 11.4 Å². The summed E-state index contributed by atoms with van der Waals surface area (Å²) in [6, 6.07) is 16.5. The minimum Gasteiger partial charge on any atom is -0.493 e. The highest BCUT2D eigenvalue weighted by molar-refractivity contribution is 5.98. The van der Waals surface area contributed by atoms with Crippen LogP contribution in [0.2, 0.25) is 0 Å². The van der Waals surface area contributed by atoms with Gasteiger partial charge in [-0.2, -0.15) is 0 Å². The molecule has 5 heteroatoms. The Morgan fingerprint density at radius 3 is 2.74 bits per heavy atom. The smallest absolute Gasteiger partial charge is 0.270 e. The number of carbonyl (C=O) groups is 1. The number of para-hydroxylation sites is 1. The lowest BCUT2D eigenvalue weighted by molar-refractivity contribution is 0.0623. The van der Waals surface area contributed by atoms with Gasteiger partial charge in [-0.25, -0.2) is 0 Å². The van der Waals surface area contributed by atoms with Crippen molar-refractivity contribution in [2.24, 2.45) is 0 Å². The van der Waals surface area contributed by atoms with E-state index in [1.54, 1.807) is 0 Å². The molecular weight excluding hydrogens is 338 g/mol. The molecule has 0 unspecified atom stereocenters. The summed E-state index contributed by atoms with van der Waals surface area (Å²) in [5.41, 5.74) is 4.35. The maximum absolute atomic E-state index is 12.8. The van der Waals surface area contributed by atoms with E-state index in [4.69, 9.17) is 4.74 Å². The molecule has 0 atom stereocenters. The van der Waals surface area contributed by atoms with Crippen LogP contribution < -0.4 is 4.74 Å². The van der Waals surface area contributed by atoms with Crippen LogP contribution in [0, 0.1) is 0 Å². The van der Waals surface area contributed by atoms with Crippen molar-refractivity contribution in [2.45, 2.75) is 13.0 Å². The molecule has 0 spiro atoms. The molecule has 2 aliphatic rings. The van der Waals surface area contributed by atoms with Crippen LogP contribution in [0.3, 0.4) is 0 Å². The Labute approximate surface area is 158 Å². The molecule has 1 saturated heterocycles. The fourth-order valence-corrected chi connectivity index (χ4v) is 4.06. The van der Waals surface area contributed by atoms with Crippen molar-refractivity contribution in [2.75, 3.05) is 32.8 Å². The van der Waals surface area contributed by atoms with Crippen LogP contribution in [0.1, 0.15) is 21.6 Å². The van der Waals surface area contributed by atoms with Crippen LogP contribution in [0.15, 0.2) is 48.5 Å². The zero-order chi connectivity index (χ0) is 18.2. The first-order valence-corrected chi connectivity index (χ1v) is 9.60. The Morgan fingerprint density at radius 2 is 1.89 bits per heavy atom. The summed E-state index contributed by atoms with van der Waals surface area (Å²) in [4.78, 5) is 20.5. The molecule has 1 N–H and O–H groups in total. The van der Waals surface area contributed by atoms with E-state index < -0.39 is 0 Å². The number of nitrogens with zero attached hydrogens (tertiary/aromatic N) is 2. The minimum atomic E-state index is 0.0977. The first-order valence-electron chi connectivity index (χ1n) is 9.60. The van der Waals surface area contributed by atoms with Gasteiger partial charge in [-0.15, -0.1) is 0 Å². The van der Waals surface area contributed by atoms with Crippen LogP contribution in [-0.2, 0) is 13.0 Å². The number of ether oxygens (including phenoxy) is 1. The number of carbonyl (C=O) groups excluding carboxylic acids is 1. The SMILES string of the molecule is O=C(c1cc2ccccc2[nH]1)N1CCN(Cc2ccc3c(c2)CCO3)CC1. The van der Waals surface area contributed by atoms with Gasteiger partial charge >= 0.3 is 0 Å². The molecule has 27 heavy (non-hydrogen) atoms. The van der Waals surface area contributed by atoms with Crippen molar-refractivity contribution in [1.82, 2.24) is 14.8 Å². The number of benzene rings is 2. The molecule has 5 nitrogen and oxygen atoms in total. The maximum Gasteiger partial charge on any atom is 0.270 e. The predicted molar refractivity (Wildman–Crippen MR) is 105 cm³/mol. The van der Waals surface area contributed by atoms with Gasteiger partial charge in [0.05, 0.1) is 6.61 Å². The van der Waals surface area contributed by atoms with E-state index >= 15 is 0 Å². The second-order valence-corrected chi connectivity index (χ2v) is 7.38. The first kappa shape index (κ1) is 16.4. The maximum atomic E-state index is 12.8. The van der Waals surface area contributed by atoms with E-state index in [2.05, 4.69) is 28.1 Å². The van der Waals surface area contributed by atoms with Gasteiger partial charge in [-0.3, -0.25) is 9.69 Å². The molecule has 0 bridgehead atoms. The van der Waals surface area contributed by atoms with Gasteiger partial charge in [-0.05, 0) is 29.3 Å². The highest BCUT2D eigenvalue weighted by Crippen LogP contribution is 2.26. The molecule has 0 saturated carbocycles. The van der Waals surface area contributed by atoms with E-state index in [1.165, 1.54) is 11.1 Å². The number of amides is 1. The van der Waals surface area contributed by atoms with Crippen LogP contribution in [-0.4, -0.2) is 53.5 Å². The van der Waals surface area contributed by atoms with Gasteiger partial charge < -0.3 is 14.6 Å². The third-order valence-electron chi connectivity index (χ3n) is 5.58.